The number of nitrogen functional groups attached to an aromatic ring is 1. The van der Waals surface area contributed by atoms with Crippen LogP contribution in [0.15, 0.2) is 60.7 Å². The number of nitrogens with one attached hydrogen (secondary N) is 1. The fraction of sp³-hybridized carbons (Fsp3) is 0.290. The van der Waals surface area contributed by atoms with Gasteiger partial charge in [-0.2, -0.15) is 0 Å². The van der Waals surface area contributed by atoms with Crippen molar-refractivity contribution >= 4 is 43.8 Å². The number of piperidine rings is 1. The average Bonchev–Trinajstić information content (AvgIpc) is 3.32. The van der Waals surface area contributed by atoms with Gasteiger partial charge in [-0.15, -0.1) is 11.3 Å². The molecule has 6 rings (SSSR count). The van der Waals surface area contributed by atoms with Crippen LogP contribution in [0, 0.1) is 12.8 Å². The number of amides is 1. The monoisotopic (exact) mass is 555 g/mol. The fourth-order valence-corrected chi connectivity index (χ4v) is 7.32. The molecule has 2 heterocycles. The number of thiophene rings is 1. The lowest BCUT2D eigenvalue weighted by Crippen LogP contribution is -2.52. The molecule has 1 saturated heterocycles. The van der Waals surface area contributed by atoms with Crippen molar-refractivity contribution < 1.29 is 14.3 Å². The number of ether oxygens (including phenoxy) is 1. The van der Waals surface area contributed by atoms with Crippen LogP contribution in [0.1, 0.15) is 41.1 Å². The molecule has 1 aliphatic carbocycles. The second kappa shape index (κ2) is 10.0. The normalized spacial score (nSPS) is 22.9. The first-order chi connectivity index (χ1) is 19.2. The number of para-hydroxylation sites is 1. The number of rotatable bonds is 5. The van der Waals surface area contributed by atoms with Gasteiger partial charge in [-0.3, -0.25) is 9.59 Å². The van der Waals surface area contributed by atoms with Crippen LogP contribution in [0.2, 0.25) is 0 Å². The van der Waals surface area contributed by atoms with E-state index in [4.69, 9.17) is 21.9 Å². The smallest absolute Gasteiger partial charge is 0.229 e. The summed E-state index contributed by atoms with van der Waals surface area (Å²) in [6.45, 7) is 3.58. The van der Waals surface area contributed by atoms with Crippen LogP contribution < -0.4 is 27.3 Å². The molecule has 3 aromatic carbocycles. The molecule has 0 spiro atoms. The number of hydrogen-bond donors (Lipinski definition) is 4. The van der Waals surface area contributed by atoms with Gasteiger partial charge in [0.2, 0.25) is 5.91 Å². The van der Waals surface area contributed by atoms with E-state index >= 15 is 0 Å². The Morgan fingerprint density at radius 3 is 2.58 bits per heavy atom. The quantitative estimate of drug-likeness (QED) is 0.263. The predicted molar refractivity (Wildman–Crippen MR) is 160 cm³/mol. The van der Waals surface area contributed by atoms with Crippen LogP contribution >= 0.6 is 11.3 Å². The van der Waals surface area contributed by atoms with Gasteiger partial charge in [-0.05, 0) is 80.4 Å². The summed E-state index contributed by atoms with van der Waals surface area (Å²) in [4.78, 5) is 29.5. The van der Waals surface area contributed by atoms with Crippen molar-refractivity contribution in [3.63, 3.8) is 0 Å². The Morgan fingerprint density at radius 1 is 1.10 bits per heavy atom. The lowest BCUT2D eigenvalue weighted by atomic mass is 9.70. The third kappa shape index (κ3) is 4.26. The Hall–Kier alpha value is -3.76. The highest BCUT2D eigenvalue weighted by molar-refractivity contribution is 7.24. The molecule has 1 aliphatic heterocycles. The van der Waals surface area contributed by atoms with Crippen molar-refractivity contribution in [3.05, 3.63) is 82.9 Å². The number of ketones is 1. The first-order valence-electron chi connectivity index (χ1n) is 13.5. The summed E-state index contributed by atoms with van der Waals surface area (Å²) in [6.07, 6.45) is 1.79. The standard InChI is InChI=1S/C31H33N5O3S/c1-17-15-20(39-19-8-4-3-5-9-19)10-11-21(17)31(34)22-12-13-23(32)27-24(22)25(26(33)28(31)37)30(40-27)35-29(38)18-7-6-14-36(2)16-18/h3-5,8-13,15,18,26H,6-7,14,16,32-34H2,1-2H3,(H,35,38). The molecule has 3 atom stereocenters. The summed E-state index contributed by atoms with van der Waals surface area (Å²) in [5.41, 5.74) is 21.9. The minimum atomic E-state index is -1.50. The lowest BCUT2D eigenvalue weighted by molar-refractivity contribution is -0.125. The summed E-state index contributed by atoms with van der Waals surface area (Å²) in [5.74, 6) is 0.822. The molecule has 4 aromatic rings. The SMILES string of the molecule is Cc1cc(Oc2ccccc2)ccc1C1(N)C(=O)C(N)c2c(NC(=O)C3CCCN(C)C3)sc3c(N)ccc1c23. The Kier molecular flexibility index (Phi) is 6.62. The number of likely N-dealkylation sites (tertiary alicyclic amines) is 1. The maximum Gasteiger partial charge on any atom is 0.229 e. The number of carbonyl (C=O) groups is 2. The third-order valence-corrected chi connectivity index (χ3v) is 9.32. The molecule has 3 unspecified atom stereocenters. The molecule has 2 aliphatic rings. The molecule has 0 bridgehead atoms. The van der Waals surface area contributed by atoms with Gasteiger partial charge in [-0.25, -0.2) is 0 Å². The largest absolute Gasteiger partial charge is 0.457 e. The molecule has 40 heavy (non-hydrogen) atoms. The molecule has 1 fully saturated rings. The minimum absolute atomic E-state index is 0.0661. The highest BCUT2D eigenvalue weighted by atomic mass is 32.1. The topological polar surface area (TPSA) is 137 Å². The molecular weight excluding hydrogens is 522 g/mol. The first-order valence-corrected chi connectivity index (χ1v) is 14.3. The van der Waals surface area contributed by atoms with Crippen LogP contribution in [-0.2, 0) is 15.1 Å². The van der Waals surface area contributed by atoms with Gasteiger partial charge in [-0.1, -0.05) is 30.3 Å². The zero-order valence-corrected chi connectivity index (χ0v) is 23.4. The van der Waals surface area contributed by atoms with Gasteiger partial charge in [0.25, 0.3) is 0 Å². The van der Waals surface area contributed by atoms with E-state index < -0.39 is 11.6 Å². The van der Waals surface area contributed by atoms with E-state index in [0.717, 1.165) is 35.0 Å². The van der Waals surface area contributed by atoms with Gasteiger partial charge < -0.3 is 32.2 Å². The van der Waals surface area contributed by atoms with E-state index in [1.165, 1.54) is 11.3 Å². The molecule has 1 aromatic heterocycles. The Balaban J connectivity index is 1.42. The summed E-state index contributed by atoms with van der Waals surface area (Å²) < 4.78 is 6.77. The zero-order chi connectivity index (χ0) is 28.2. The third-order valence-electron chi connectivity index (χ3n) is 8.15. The maximum absolute atomic E-state index is 14.1. The molecule has 9 heteroatoms. The highest BCUT2D eigenvalue weighted by Crippen LogP contribution is 2.52. The lowest BCUT2D eigenvalue weighted by Gasteiger charge is -2.37. The Bertz CT molecular complexity index is 1640. The maximum atomic E-state index is 14.1. The van der Waals surface area contributed by atoms with E-state index in [-0.39, 0.29) is 17.6 Å². The summed E-state index contributed by atoms with van der Waals surface area (Å²) >= 11 is 1.35. The summed E-state index contributed by atoms with van der Waals surface area (Å²) in [6, 6.07) is 17.6. The number of hydrogen-bond acceptors (Lipinski definition) is 8. The van der Waals surface area contributed by atoms with Crippen LogP contribution in [0.25, 0.3) is 10.1 Å². The van der Waals surface area contributed by atoms with Crippen molar-refractivity contribution in [1.82, 2.24) is 4.90 Å². The number of anilines is 2. The van der Waals surface area contributed by atoms with Crippen LogP contribution in [0.3, 0.4) is 0 Å². The van der Waals surface area contributed by atoms with E-state index in [1.54, 1.807) is 6.07 Å². The second-order valence-electron chi connectivity index (χ2n) is 10.9. The van der Waals surface area contributed by atoms with Crippen molar-refractivity contribution in [2.45, 2.75) is 31.3 Å². The Morgan fingerprint density at radius 2 is 1.85 bits per heavy atom. The predicted octanol–water partition coefficient (Wildman–Crippen LogP) is 4.65. The molecule has 7 N–H and O–H groups in total. The van der Waals surface area contributed by atoms with Gasteiger partial charge in [0.1, 0.15) is 22.0 Å². The molecule has 0 saturated carbocycles. The number of nitrogens with zero attached hydrogens (tertiary/aromatic N) is 1. The second-order valence-corrected chi connectivity index (χ2v) is 11.9. The van der Waals surface area contributed by atoms with E-state index in [9.17, 15) is 9.59 Å². The first kappa shape index (κ1) is 26.5. The molecule has 8 nitrogen and oxygen atoms in total. The number of nitrogens with two attached hydrogens (primary N) is 3. The van der Waals surface area contributed by atoms with Crippen LogP contribution in [0.4, 0.5) is 10.7 Å². The van der Waals surface area contributed by atoms with Crippen molar-refractivity contribution in [1.29, 1.82) is 0 Å². The van der Waals surface area contributed by atoms with E-state index in [0.29, 0.717) is 45.4 Å². The fourth-order valence-electron chi connectivity index (χ4n) is 6.11. The number of aryl methyl sites for hydroxylation is 1. The minimum Gasteiger partial charge on any atom is -0.457 e. The van der Waals surface area contributed by atoms with Crippen molar-refractivity contribution in [2.24, 2.45) is 17.4 Å². The van der Waals surface area contributed by atoms with Crippen LogP contribution in [0.5, 0.6) is 11.5 Å². The van der Waals surface area contributed by atoms with Crippen molar-refractivity contribution in [3.8, 4) is 11.5 Å². The van der Waals surface area contributed by atoms with Crippen LogP contribution in [-0.4, -0.2) is 36.7 Å². The number of Topliss-reactive ketones (excluding diaryl/α,β-unsaturated/α-hetero) is 1. The van der Waals surface area contributed by atoms with Gasteiger partial charge in [0, 0.05) is 23.2 Å². The van der Waals surface area contributed by atoms with E-state index in [2.05, 4.69) is 10.2 Å². The van der Waals surface area contributed by atoms with E-state index in [1.807, 2.05) is 68.6 Å². The number of carbonyl (C=O) groups excluding carboxylic acids is 2. The van der Waals surface area contributed by atoms with Gasteiger partial charge >= 0.3 is 0 Å². The summed E-state index contributed by atoms with van der Waals surface area (Å²) in [7, 11) is 2.02. The molecular formula is C31H33N5O3S. The number of benzene rings is 3. The molecule has 206 valence electrons. The summed E-state index contributed by atoms with van der Waals surface area (Å²) in [5, 5.41) is 4.42. The van der Waals surface area contributed by atoms with Crippen molar-refractivity contribution in [2.75, 3.05) is 31.2 Å². The Labute approximate surface area is 237 Å². The average molecular weight is 556 g/mol. The molecule has 0 radical (unpaired) electrons. The van der Waals surface area contributed by atoms with Gasteiger partial charge in [0.05, 0.1) is 16.7 Å². The molecule has 1 amide bonds. The zero-order valence-electron chi connectivity index (χ0n) is 22.6. The van der Waals surface area contributed by atoms with Gasteiger partial charge in [0.15, 0.2) is 5.78 Å². The highest BCUT2D eigenvalue weighted by Gasteiger charge is 2.49.